The molecule has 2 amide bonds. The number of fused-ring (bicyclic) bond motifs is 1. The molecule has 7 nitrogen and oxygen atoms in total. The zero-order chi connectivity index (χ0) is 27.6. The highest BCUT2D eigenvalue weighted by atomic mass is 16.5. The first-order valence-corrected chi connectivity index (χ1v) is 13.7. The molecule has 0 atom stereocenters. The summed E-state index contributed by atoms with van der Waals surface area (Å²) in [6, 6.07) is 25.4. The van der Waals surface area contributed by atoms with E-state index >= 15 is 0 Å². The molecule has 4 rings (SSSR count). The quantitative estimate of drug-likeness (QED) is 0.229. The molecule has 0 fully saturated rings. The second-order valence-electron chi connectivity index (χ2n) is 9.97. The number of unbranched alkanes of at least 4 members (excludes halogenated alkanes) is 2. The van der Waals surface area contributed by atoms with Gasteiger partial charge in [-0.15, -0.1) is 0 Å². The van der Waals surface area contributed by atoms with Gasteiger partial charge in [-0.1, -0.05) is 61.0 Å². The third kappa shape index (κ3) is 7.25. The monoisotopic (exact) mass is 526 g/mol. The van der Waals surface area contributed by atoms with Crippen molar-refractivity contribution < 1.29 is 14.3 Å². The number of carbonyl (C=O) groups excluding carboxylic acids is 2. The van der Waals surface area contributed by atoms with Gasteiger partial charge >= 0.3 is 0 Å². The van der Waals surface area contributed by atoms with Gasteiger partial charge in [0.2, 0.25) is 5.91 Å². The van der Waals surface area contributed by atoms with Gasteiger partial charge in [0.25, 0.3) is 5.91 Å². The van der Waals surface area contributed by atoms with Gasteiger partial charge in [-0.25, -0.2) is 4.98 Å². The van der Waals surface area contributed by atoms with Crippen LogP contribution in [0.15, 0.2) is 78.9 Å². The van der Waals surface area contributed by atoms with Crippen LogP contribution in [0.3, 0.4) is 0 Å². The lowest BCUT2D eigenvalue weighted by molar-refractivity contribution is -0.134. The van der Waals surface area contributed by atoms with Crippen LogP contribution < -0.4 is 10.1 Å². The van der Waals surface area contributed by atoms with Crippen molar-refractivity contribution in [1.29, 1.82) is 0 Å². The van der Waals surface area contributed by atoms with Gasteiger partial charge in [-0.2, -0.15) is 0 Å². The predicted octanol–water partition coefficient (Wildman–Crippen LogP) is 5.62. The Morgan fingerprint density at radius 3 is 2.41 bits per heavy atom. The van der Waals surface area contributed by atoms with Crippen LogP contribution in [-0.2, 0) is 24.3 Å². The number of hydrogen-bond acceptors (Lipinski definition) is 4. The van der Waals surface area contributed by atoms with Gasteiger partial charge in [0.1, 0.15) is 18.1 Å². The van der Waals surface area contributed by atoms with Crippen LogP contribution in [-0.4, -0.2) is 46.0 Å². The lowest BCUT2D eigenvalue weighted by atomic mass is 10.1. The van der Waals surface area contributed by atoms with E-state index in [0.29, 0.717) is 24.4 Å². The number of nitrogens with zero attached hydrogens (tertiary/aromatic N) is 3. The highest BCUT2D eigenvalue weighted by Crippen LogP contribution is 2.20. The van der Waals surface area contributed by atoms with Crippen molar-refractivity contribution in [2.24, 2.45) is 0 Å². The van der Waals surface area contributed by atoms with E-state index in [1.807, 2.05) is 59.5 Å². The van der Waals surface area contributed by atoms with Gasteiger partial charge in [-0.3, -0.25) is 9.59 Å². The van der Waals surface area contributed by atoms with Crippen LogP contribution in [0.1, 0.15) is 54.9 Å². The molecule has 0 radical (unpaired) electrons. The Bertz CT molecular complexity index is 1380. The largest absolute Gasteiger partial charge is 0.496 e. The number of para-hydroxylation sites is 3. The highest BCUT2D eigenvalue weighted by molar-refractivity contribution is 5.96. The number of hydrogen-bond donors (Lipinski definition) is 1. The Kier molecular flexibility index (Phi) is 9.73. The fraction of sp³-hybridized carbons (Fsp3) is 0.344. The van der Waals surface area contributed by atoms with Crippen LogP contribution in [0.5, 0.6) is 5.75 Å². The van der Waals surface area contributed by atoms with E-state index in [2.05, 4.69) is 35.9 Å². The van der Waals surface area contributed by atoms with Crippen molar-refractivity contribution in [2.45, 2.75) is 58.7 Å². The van der Waals surface area contributed by atoms with Crippen LogP contribution in [0.25, 0.3) is 11.0 Å². The Labute approximate surface area is 230 Å². The molecule has 7 heteroatoms. The van der Waals surface area contributed by atoms with Crippen molar-refractivity contribution in [3.05, 3.63) is 95.8 Å². The van der Waals surface area contributed by atoms with E-state index in [9.17, 15) is 9.59 Å². The van der Waals surface area contributed by atoms with Gasteiger partial charge in [0.15, 0.2) is 0 Å². The number of amides is 2. The van der Waals surface area contributed by atoms with E-state index in [4.69, 9.17) is 9.72 Å². The summed E-state index contributed by atoms with van der Waals surface area (Å²) in [6.45, 7) is 5.55. The van der Waals surface area contributed by atoms with Crippen LogP contribution >= 0.6 is 0 Å². The average molecular weight is 527 g/mol. The van der Waals surface area contributed by atoms with Crippen molar-refractivity contribution in [2.75, 3.05) is 13.7 Å². The predicted molar refractivity (Wildman–Crippen MR) is 155 cm³/mol. The minimum absolute atomic E-state index is 0.0808. The summed E-state index contributed by atoms with van der Waals surface area (Å²) < 4.78 is 7.36. The van der Waals surface area contributed by atoms with Crippen LogP contribution in [0.4, 0.5) is 0 Å². The molecule has 0 unspecified atom stereocenters. The molecule has 0 saturated carbocycles. The van der Waals surface area contributed by atoms with Gasteiger partial charge in [0, 0.05) is 25.6 Å². The van der Waals surface area contributed by atoms with E-state index in [1.165, 1.54) is 0 Å². The maximum Gasteiger partial charge on any atom is 0.255 e. The van der Waals surface area contributed by atoms with Crippen LogP contribution in [0.2, 0.25) is 0 Å². The molecule has 1 heterocycles. The molecule has 39 heavy (non-hydrogen) atoms. The Morgan fingerprint density at radius 2 is 1.64 bits per heavy atom. The third-order valence-corrected chi connectivity index (χ3v) is 6.88. The summed E-state index contributed by atoms with van der Waals surface area (Å²) in [6.07, 6.45) is 3.48. The summed E-state index contributed by atoms with van der Waals surface area (Å²) >= 11 is 0. The minimum Gasteiger partial charge on any atom is -0.496 e. The lowest BCUT2D eigenvalue weighted by Gasteiger charge is -2.27. The summed E-state index contributed by atoms with van der Waals surface area (Å²) in [5.74, 6) is 1.45. The first kappa shape index (κ1) is 27.9. The molecular formula is C32H38N4O3. The molecule has 1 aromatic heterocycles. The number of imidazole rings is 1. The SMILES string of the molecule is COc1ccccc1C(=O)NCCCCCc1nc2ccccc2n1CC(=O)N(Cc1ccccc1)C(C)C. The number of ether oxygens (including phenoxy) is 1. The second-order valence-corrected chi connectivity index (χ2v) is 9.97. The van der Waals surface area contributed by atoms with E-state index < -0.39 is 0 Å². The molecule has 3 aromatic carbocycles. The third-order valence-electron chi connectivity index (χ3n) is 6.88. The fourth-order valence-electron chi connectivity index (χ4n) is 4.77. The van der Waals surface area contributed by atoms with E-state index in [0.717, 1.165) is 48.1 Å². The molecule has 1 N–H and O–H groups in total. The van der Waals surface area contributed by atoms with Gasteiger partial charge < -0.3 is 19.5 Å². The molecule has 204 valence electrons. The zero-order valence-electron chi connectivity index (χ0n) is 23.1. The zero-order valence-corrected chi connectivity index (χ0v) is 23.1. The molecular weight excluding hydrogens is 488 g/mol. The van der Waals surface area contributed by atoms with E-state index in [-0.39, 0.29) is 24.4 Å². The highest BCUT2D eigenvalue weighted by Gasteiger charge is 2.21. The first-order chi connectivity index (χ1) is 19.0. The number of aryl methyl sites for hydroxylation is 1. The summed E-state index contributed by atoms with van der Waals surface area (Å²) in [7, 11) is 1.57. The number of rotatable bonds is 13. The maximum absolute atomic E-state index is 13.5. The van der Waals surface area contributed by atoms with Crippen LogP contribution in [0, 0.1) is 0 Å². The molecule has 0 spiro atoms. The summed E-state index contributed by atoms with van der Waals surface area (Å²) in [5, 5.41) is 2.98. The van der Waals surface area contributed by atoms with Gasteiger partial charge in [-0.05, 0) is 56.5 Å². The Balaban J connectivity index is 1.35. The van der Waals surface area contributed by atoms with Crippen molar-refractivity contribution in [3.8, 4) is 5.75 Å². The normalized spacial score (nSPS) is 11.1. The fourth-order valence-corrected chi connectivity index (χ4v) is 4.77. The minimum atomic E-state index is -0.127. The van der Waals surface area contributed by atoms with E-state index in [1.54, 1.807) is 19.2 Å². The number of aromatic nitrogens is 2. The molecule has 0 aliphatic heterocycles. The molecule has 0 aliphatic rings. The Hall–Kier alpha value is -4.13. The maximum atomic E-state index is 13.5. The second kappa shape index (κ2) is 13.6. The average Bonchev–Trinajstić information content (AvgIpc) is 3.30. The molecule has 4 aromatic rings. The summed E-state index contributed by atoms with van der Waals surface area (Å²) in [4.78, 5) is 32.8. The van der Waals surface area contributed by atoms with Crippen molar-refractivity contribution >= 4 is 22.8 Å². The number of carbonyl (C=O) groups is 2. The lowest BCUT2D eigenvalue weighted by Crippen LogP contribution is -2.38. The van der Waals surface area contributed by atoms with Crippen molar-refractivity contribution in [1.82, 2.24) is 19.8 Å². The van der Waals surface area contributed by atoms with Gasteiger partial charge in [0.05, 0.1) is 23.7 Å². The number of benzene rings is 3. The molecule has 0 aliphatic carbocycles. The summed E-state index contributed by atoms with van der Waals surface area (Å²) in [5.41, 5.74) is 3.55. The topological polar surface area (TPSA) is 76.5 Å². The number of nitrogens with one attached hydrogen (secondary N) is 1. The number of methoxy groups -OCH3 is 1. The molecule has 0 bridgehead atoms. The van der Waals surface area contributed by atoms with Crippen molar-refractivity contribution in [3.63, 3.8) is 0 Å². The smallest absolute Gasteiger partial charge is 0.255 e. The standard InChI is InChI=1S/C32H38N4O3/c1-24(2)35(22-25-14-6-4-7-15-25)31(37)23-36-28-18-11-10-17-27(28)34-30(36)20-8-5-13-21-33-32(38)26-16-9-12-19-29(26)39-3/h4,6-7,9-12,14-19,24H,5,8,13,20-23H2,1-3H3,(H,33,38). The molecule has 0 saturated heterocycles. The first-order valence-electron chi connectivity index (χ1n) is 13.7. The Morgan fingerprint density at radius 1 is 0.923 bits per heavy atom.